The molecular formula is C17H19IN2OS. The molecule has 1 aliphatic rings. The van der Waals surface area contributed by atoms with Crippen molar-refractivity contribution < 1.29 is 33.7 Å². The number of aliphatic hydroxyl groups excluding tert-OH is 1. The summed E-state index contributed by atoms with van der Waals surface area (Å²) >= 11 is 1.77. The first-order valence-corrected chi connectivity index (χ1v) is 7.83. The van der Waals surface area contributed by atoms with Gasteiger partial charge in [-0.2, -0.15) is 0 Å². The Kier molecular flexibility index (Phi) is 5.88. The lowest BCUT2D eigenvalue weighted by atomic mass is 10.2. The van der Waals surface area contributed by atoms with E-state index < -0.39 is 0 Å². The number of hydrogen-bond acceptors (Lipinski definition) is 3. The van der Waals surface area contributed by atoms with Gasteiger partial charge in [-0.3, -0.25) is 0 Å². The second kappa shape index (κ2) is 7.48. The fourth-order valence-electron chi connectivity index (χ4n) is 2.49. The van der Waals surface area contributed by atoms with E-state index in [2.05, 4.69) is 48.4 Å². The van der Waals surface area contributed by atoms with Crippen molar-refractivity contribution in [2.24, 2.45) is 7.05 Å². The summed E-state index contributed by atoms with van der Waals surface area (Å²) in [5.41, 5.74) is 3.61. The SMILES string of the molecule is Cc1ccc2c(c1)S/C(=C/c1ccc[n+](C)c1)N2CCO.[I-]. The third-order valence-electron chi connectivity index (χ3n) is 3.46. The predicted octanol–water partition coefficient (Wildman–Crippen LogP) is -0.273. The molecule has 116 valence electrons. The monoisotopic (exact) mass is 426 g/mol. The van der Waals surface area contributed by atoms with Gasteiger partial charge < -0.3 is 34.0 Å². The van der Waals surface area contributed by atoms with Gasteiger partial charge in [0, 0.05) is 23.1 Å². The highest BCUT2D eigenvalue weighted by atomic mass is 127. The maximum absolute atomic E-state index is 9.35. The zero-order chi connectivity index (χ0) is 14.8. The Hall–Kier alpha value is -1.05. The number of aliphatic hydroxyl groups is 1. The molecule has 0 bridgehead atoms. The van der Waals surface area contributed by atoms with E-state index in [0.717, 1.165) is 10.6 Å². The minimum Gasteiger partial charge on any atom is -1.00 e. The molecule has 0 saturated carbocycles. The van der Waals surface area contributed by atoms with E-state index in [-0.39, 0.29) is 30.6 Å². The summed E-state index contributed by atoms with van der Waals surface area (Å²) in [7, 11) is 2.02. The van der Waals surface area contributed by atoms with Crippen molar-refractivity contribution in [2.75, 3.05) is 18.1 Å². The lowest BCUT2D eigenvalue weighted by molar-refractivity contribution is -0.671. The van der Waals surface area contributed by atoms with E-state index in [1.807, 2.05) is 23.9 Å². The highest BCUT2D eigenvalue weighted by Crippen LogP contribution is 2.46. The number of aromatic nitrogens is 1. The molecule has 3 nitrogen and oxygen atoms in total. The Balaban J connectivity index is 0.00000176. The van der Waals surface area contributed by atoms with E-state index in [1.165, 1.54) is 16.1 Å². The van der Waals surface area contributed by atoms with Crippen LogP contribution in [0.5, 0.6) is 0 Å². The molecule has 0 radical (unpaired) electrons. The first-order valence-electron chi connectivity index (χ1n) is 7.01. The maximum Gasteiger partial charge on any atom is 0.175 e. The summed E-state index contributed by atoms with van der Waals surface area (Å²) in [4.78, 5) is 3.45. The number of β-amino-alcohol motifs (C(OH)–C–C–N with tert-alkyl or cyclic N) is 1. The van der Waals surface area contributed by atoms with Crippen LogP contribution in [0.15, 0.2) is 52.7 Å². The quantitative estimate of drug-likeness (QED) is 0.541. The average molecular weight is 426 g/mol. The lowest BCUT2D eigenvalue weighted by Gasteiger charge is -2.19. The van der Waals surface area contributed by atoms with E-state index in [4.69, 9.17) is 0 Å². The van der Waals surface area contributed by atoms with Gasteiger partial charge in [-0.05, 0) is 36.8 Å². The molecule has 1 aromatic carbocycles. The van der Waals surface area contributed by atoms with Crippen LogP contribution in [0.25, 0.3) is 6.08 Å². The summed E-state index contributed by atoms with van der Waals surface area (Å²) < 4.78 is 2.04. The lowest BCUT2D eigenvalue weighted by Crippen LogP contribution is -3.00. The number of benzene rings is 1. The zero-order valence-electron chi connectivity index (χ0n) is 12.7. The van der Waals surface area contributed by atoms with Gasteiger partial charge in [0.25, 0.3) is 0 Å². The van der Waals surface area contributed by atoms with Gasteiger partial charge in [-0.15, -0.1) is 0 Å². The average Bonchev–Trinajstić information content (AvgIpc) is 2.76. The van der Waals surface area contributed by atoms with Crippen molar-refractivity contribution in [1.82, 2.24) is 0 Å². The molecule has 0 spiro atoms. The molecule has 3 rings (SSSR count). The van der Waals surface area contributed by atoms with E-state index in [1.54, 1.807) is 11.8 Å². The molecule has 2 heterocycles. The van der Waals surface area contributed by atoms with Crippen LogP contribution < -0.4 is 33.4 Å². The number of hydrogen-bond donors (Lipinski definition) is 1. The van der Waals surface area contributed by atoms with E-state index in [9.17, 15) is 5.11 Å². The second-order valence-corrected chi connectivity index (χ2v) is 6.30. The number of pyridine rings is 1. The zero-order valence-corrected chi connectivity index (χ0v) is 15.6. The molecule has 0 unspecified atom stereocenters. The van der Waals surface area contributed by atoms with Gasteiger partial charge in [-0.25, -0.2) is 4.57 Å². The summed E-state index contributed by atoms with van der Waals surface area (Å²) in [6, 6.07) is 10.6. The molecule has 0 saturated heterocycles. The summed E-state index contributed by atoms with van der Waals surface area (Å²) in [5, 5.41) is 10.5. The van der Waals surface area contributed by atoms with Crippen LogP contribution in [0, 0.1) is 6.92 Å². The Bertz CT molecular complexity index is 703. The number of halogens is 1. The molecule has 22 heavy (non-hydrogen) atoms. The van der Waals surface area contributed by atoms with Gasteiger partial charge in [0.1, 0.15) is 7.05 Å². The molecule has 1 aromatic heterocycles. The second-order valence-electron chi connectivity index (χ2n) is 5.23. The first kappa shape index (κ1) is 17.3. The summed E-state index contributed by atoms with van der Waals surface area (Å²) in [5.74, 6) is 0. The Morgan fingerprint density at radius 2 is 2.14 bits per heavy atom. The van der Waals surface area contributed by atoms with Crippen molar-refractivity contribution in [3.63, 3.8) is 0 Å². The van der Waals surface area contributed by atoms with Crippen molar-refractivity contribution in [3.05, 3.63) is 58.9 Å². The van der Waals surface area contributed by atoms with E-state index in [0.29, 0.717) is 6.54 Å². The third-order valence-corrected chi connectivity index (χ3v) is 4.56. The van der Waals surface area contributed by atoms with Crippen LogP contribution >= 0.6 is 11.8 Å². The van der Waals surface area contributed by atoms with Gasteiger partial charge in [0.05, 0.1) is 17.3 Å². The van der Waals surface area contributed by atoms with E-state index >= 15 is 0 Å². The topological polar surface area (TPSA) is 27.4 Å². The molecule has 0 amide bonds. The predicted molar refractivity (Wildman–Crippen MR) is 87.1 cm³/mol. The maximum atomic E-state index is 9.35. The van der Waals surface area contributed by atoms with Crippen LogP contribution in [0.3, 0.4) is 0 Å². The molecule has 0 aliphatic carbocycles. The van der Waals surface area contributed by atoms with Crippen molar-refractivity contribution >= 4 is 23.5 Å². The summed E-state index contributed by atoms with van der Waals surface area (Å²) in [6.07, 6.45) is 6.29. The molecular weight excluding hydrogens is 407 g/mol. The number of aryl methyl sites for hydroxylation is 2. The minimum absolute atomic E-state index is 0. The number of thioether (sulfide) groups is 1. The van der Waals surface area contributed by atoms with Crippen LogP contribution in [-0.4, -0.2) is 18.3 Å². The van der Waals surface area contributed by atoms with Crippen molar-refractivity contribution in [3.8, 4) is 0 Å². The van der Waals surface area contributed by atoms with Gasteiger partial charge in [0.15, 0.2) is 12.4 Å². The smallest absolute Gasteiger partial charge is 0.175 e. The molecule has 0 atom stereocenters. The van der Waals surface area contributed by atoms with Crippen LogP contribution in [0.2, 0.25) is 0 Å². The van der Waals surface area contributed by atoms with Gasteiger partial charge in [0.2, 0.25) is 0 Å². The number of rotatable bonds is 3. The van der Waals surface area contributed by atoms with Crippen LogP contribution in [0.1, 0.15) is 11.1 Å². The number of nitrogens with zero attached hydrogens (tertiary/aromatic N) is 2. The number of anilines is 1. The molecule has 5 heteroatoms. The first-order chi connectivity index (χ1) is 10.2. The largest absolute Gasteiger partial charge is 1.00 e. The standard InChI is InChI=1S/C17H19N2OS.HI/c1-13-5-6-15-16(10-13)21-17(19(15)8-9-20)11-14-4-3-7-18(2)12-14;/h3-7,10-12,20H,8-9H2,1-2H3;1H/q+1;/p-1/b17-11+;. The van der Waals surface area contributed by atoms with Crippen molar-refractivity contribution in [1.29, 1.82) is 0 Å². The summed E-state index contributed by atoms with van der Waals surface area (Å²) in [6.45, 7) is 2.87. The number of fused-ring (bicyclic) bond motifs is 1. The van der Waals surface area contributed by atoms with Crippen LogP contribution in [-0.2, 0) is 7.05 Å². The molecule has 2 aromatic rings. The normalized spacial score (nSPS) is 14.9. The molecule has 0 fully saturated rings. The minimum atomic E-state index is 0. The Labute approximate surface area is 152 Å². The van der Waals surface area contributed by atoms with Gasteiger partial charge >= 0.3 is 0 Å². The Morgan fingerprint density at radius 3 is 2.86 bits per heavy atom. The highest BCUT2D eigenvalue weighted by Gasteiger charge is 2.24. The third kappa shape index (κ3) is 3.64. The fourth-order valence-corrected chi connectivity index (χ4v) is 3.74. The Morgan fingerprint density at radius 1 is 1.32 bits per heavy atom. The molecule has 1 aliphatic heterocycles. The fraction of sp³-hybridized carbons (Fsp3) is 0.235. The highest BCUT2D eigenvalue weighted by molar-refractivity contribution is 8.03. The molecule has 1 N–H and O–H groups in total. The van der Waals surface area contributed by atoms with Crippen LogP contribution in [0.4, 0.5) is 5.69 Å². The van der Waals surface area contributed by atoms with Crippen molar-refractivity contribution in [2.45, 2.75) is 11.8 Å². The van der Waals surface area contributed by atoms with Gasteiger partial charge in [-0.1, -0.05) is 17.8 Å².